The molecule has 5 N–H and O–H groups in total. The number of nitrogens with one attached hydrogen (secondary N) is 2. The predicted octanol–water partition coefficient (Wildman–Crippen LogP) is 5.97. The van der Waals surface area contributed by atoms with Gasteiger partial charge in [0.1, 0.15) is 11.1 Å². The van der Waals surface area contributed by atoms with Crippen LogP contribution in [-0.2, 0) is 44.0 Å². The summed E-state index contributed by atoms with van der Waals surface area (Å²) in [6.07, 6.45) is -6.47. The number of aryl methyl sites for hydroxylation is 1. The Labute approximate surface area is 343 Å². The molecule has 2 aliphatic carbocycles. The highest BCUT2D eigenvalue weighted by Gasteiger charge is 3.10. The molecule has 1 saturated heterocycles. The molecule has 5 aromatic rings. The van der Waals surface area contributed by atoms with Crippen LogP contribution >= 0.6 is 15.9 Å². The van der Waals surface area contributed by atoms with Gasteiger partial charge in [-0.2, -0.15) is 13.2 Å². The highest BCUT2D eigenvalue weighted by atomic mass is 79.9. The molecule has 1 aromatic heterocycles. The van der Waals surface area contributed by atoms with Crippen LogP contribution in [0.5, 0.6) is 17.5 Å². The van der Waals surface area contributed by atoms with Crippen molar-refractivity contribution in [1.82, 2.24) is 14.8 Å². The second-order valence-electron chi connectivity index (χ2n) is 14.2. The maximum absolute atomic E-state index is 14.7. The SMILES string of the molecule is Cc1ccccc1C(=O)Oc1cc(O)n([C@]23[C@@H]4C(c5ccc(Br)cc5)[C@]42C(=O)N3[C@@H](C(=O)NCc2ccc(NS(=O)O)cc2)N(C=O)c2ccc(C(F)(F)F)cc2)c1O. The Kier molecular flexibility index (Phi) is 9.59. The van der Waals surface area contributed by atoms with E-state index >= 15 is 0 Å². The van der Waals surface area contributed by atoms with Crippen LogP contribution < -0.4 is 19.7 Å². The normalized spacial score (nSPS) is 22.2. The highest BCUT2D eigenvalue weighted by Crippen LogP contribution is 3.00. The van der Waals surface area contributed by atoms with Crippen molar-refractivity contribution in [1.29, 1.82) is 0 Å². The van der Waals surface area contributed by atoms with Crippen molar-refractivity contribution in [3.8, 4) is 17.5 Å². The molecule has 2 heterocycles. The summed E-state index contributed by atoms with van der Waals surface area (Å²) in [5.74, 6) is -5.60. The minimum atomic E-state index is -4.73. The average molecular weight is 895 g/mol. The number of amides is 3. The monoisotopic (exact) mass is 893 g/mol. The first-order chi connectivity index (χ1) is 28.1. The van der Waals surface area contributed by atoms with Crippen molar-refractivity contribution in [3.05, 3.63) is 135 Å². The molecule has 2 unspecified atom stereocenters. The number of fused-ring (bicyclic) bond motifs is 1. The molecule has 8 rings (SSSR count). The number of nitrogens with zero attached hydrogens (tertiary/aromatic N) is 3. The largest absolute Gasteiger partial charge is 0.494 e. The van der Waals surface area contributed by atoms with Gasteiger partial charge in [0, 0.05) is 40.3 Å². The molecule has 3 amide bonds. The number of benzene rings is 4. The van der Waals surface area contributed by atoms with E-state index in [1.807, 2.05) is 0 Å². The molecule has 0 radical (unpaired) electrons. The Morgan fingerprint density at radius 3 is 2.27 bits per heavy atom. The van der Waals surface area contributed by atoms with Gasteiger partial charge in [-0.3, -0.25) is 38.0 Å². The van der Waals surface area contributed by atoms with Crippen LogP contribution in [0.3, 0.4) is 0 Å². The molecule has 1 aliphatic heterocycles. The zero-order chi connectivity index (χ0) is 42.2. The van der Waals surface area contributed by atoms with E-state index in [1.165, 1.54) is 30.3 Å². The van der Waals surface area contributed by atoms with E-state index in [-0.39, 0.29) is 29.9 Å². The van der Waals surface area contributed by atoms with Gasteiger partial charge in [0.15, 0.2) is 17.8 Å². The maximum atomic E-state index is 14.7. The van der Waals surface area contributed by atoms with Gasteiger partial charge in [0.25, 0.3) is 17.2 Å². The standard InChI is InChI=1S/C40H31BrF3N5O9S/c1-21-4-2-3-5-28(21)36(54)58-29-18-30(51)48(35(29)53)39-32-31(23-8-12-25(41)13-9-23)38(32,39)37(55)49(39)34(47(20-50)27-16-10-24(11-17-27)40(42,43)44)33(52)45-19-22-6-14-26(15-7-22)46-59(56)57/h2-18,20,31-32,34,46,51,53H,19H2,1H3,(H,45,52)(H,56,57)/t31?,32-,34+,38-,39+/m1/s1. The van der Waals surface area contributed by atoms with Crippen molar-refractivity contribution in [2.75, 3.05) is 9.62 Å². The van der Waals surface area contributed by atoms with E-state index < -0.39 is 87.4 Å². The highest BCUT2D eigenvalue weighted by molar-refractivity contribution is 9.10. The van der Waals surface area contributed by atoms with Crippen molar-refractivity contribution in [3.63, 3.8) is 0 Å². The number of carbonyl (C=O) groups is 4. The Bertz CT molecular complexity index is 2560. The van der Waals surface area contributed by atoms with E-state index in [0.717, 1.165) is 42.6 Å². The summed E-state index contributed by atoms with van der Waals surface area (Å²) in [7, 11) is 0. The Hall–Kier alpha value is -6.18. The number of hydrogen-bond acceptors (Lipinski definition) is 8. The zero-order valence-electron chi connectivity index (χ0n) is 30.4. The first kappa shape index (κ1) is 39.6. The molecule has 14 nitrogen and oxygen atoms in total. The van der Waals surface area contributed by atoms with Gasteiger partial charge in [-0.05, 0) is 78.2 Å². The lowest BCUT2D eigenvalue weighted by Gasteiger charge is -2.54. The minimum Gasteiger partial charge on any atom is -0.494 e. The first-order valence-electron chi connectivity index (χ1n) is 17.7. The molecule has 1 spiro atoms. The van der Waals surface area contributed by atoms with Gasteiger partial charge in [-0.15, -0.1) is 0 Å². The molecule has 304 valence electrons. The second-order valence-corrected chi connectivity index (χ2v) is 15.8. The van der Waals surface area contributed by atoms with E-state index in [2.05, 4.69) is 26.0 Å². The third-order valence-corrected chi connectivity index (χ3v) is 12.1. The number of β-lactam (4-membered cyclic amide) rings is 1. The predicted molar refractivity (Wildman–Crippen MR) is 208 cm³/mol. The summed E-state index contributed by atoms with van der Waals surface area (Å²) in [6, 6.07) is 23.9. The van der Waals surface area contributed by atoms with Crippen LogP contribution in [0.4, 0.5) is 24.5 Å². The number of alkyl halides is 3. The molecule has 3 fully saturated rings. The molecule has 19 heteroatoms. The number of esters is 1. The molecule has 3 aliphatic rings. The van der Waals surface area contributed by atoms with Gasteiger partial charge >= 0.3 is 12.1 Å². The van der Waals surface area contributed by atoms with Crippen molar-refractivity contribution in [2.24, 2.45) is 11.3 Å². The molecule has 59 heavy (non-hydrogen) atoms. The summed E-state index contributed by atoms with van der Waals surface area (Å²) in [5, 5.41) is 25.9. The summed E-state index contributed by atoms with van der Waals surface area (Å²) < 4.78 is 70.6. The van der Waals surface area contributed by atoms with Crippen molar-refractivity contribution >= 4 is 62.8 Å². The van der Waals surface area contributed by atoms with Crippen LogP contribution in [0.25, 0.3) is 0 Å². The van der Waals surface area contributed by atoms with Crippen LogP contribution in [-0.4, -0.2) is 58.8 Å². The number of rotatable bonds is 13. The van der Waals surface area contributed by atoms with Crippen LogP contribution in [0.15, 0.2) is 108 Å². The van der Waals surface area contributed by atoms with Gasteiger partial charge in [-0.1, -0.05) is 58.4 Å². The van der Waals surface area contributed by atoms with E-state index in [4.69, 9.17) is 9.29 Å². The molecular weight excluding hydrogens is 863 g/mol. The smallest absolute Gasteiger partial charge is 0.416 e. The summed E-state index contributed by atoms with van der Waals surface area (Å²) in [4.78, 5) is 57.3. The fourth-order valence-electron chi connectivity index (χ4n) is 8.53. The lowest BCUT2D eigenvalue weighted by atomic mass is 9.80. The lowest BCUT2D eigenvalue weighted by molar-refractivity contribution is -0.178. The lowest BCUT2D eigenvalue weighted by Crippen LogP contribution is -2.73. The topological polar surface area (TPSA) is 191 Å². The number of aromatic hydroxyl groups is 2. The quantitative estimate of drug-likeness (QED) is 0.0410. The number of carbonyl (C=O) groups excluding carboxylic acids is 4. The Morgan fingerprint density at radius 1 is 1.02 bits per heavy atom. The van der Waals surface area contributed by atoms with Crippen LogP contribution in [0, 0.1) is 18.3 Å². The third-order valence-electron chi connectivity index (χ3n) is 11.1. The summed E-state index contributed by atoms with van der Waals surface area (Å²) >= 11 is 1.05. The molecule has 6 atom stereocenters. The summed E-state index contributed by atoms with van der Waals surface area (Å²) in [6.45, 7) is 1.47. The number of anilines is 2. The number of aromatic nitrogens is 1. The molecule has 4 aromatic carbocycles. The number of ether oxygens (including phenoxy) is 1. The van der Waals surface area contributed by atoms with E-state index in [1.54, 1.807) is 49.4 Å². The second kappa shape index (κ2) is 14.3. The number of piperidine rings is 1. The van der Waals surface area contributed by atoms with Gasteiger partial charge in [-0.25, -0.2) is 9.00 Å². The number of hydrogen-bond donors (Lipinski definition) is 5. The van der Waals surface area contributed by atoms with Crippen LogP contribution in [0.2, 0.25) is 0 Å². The summed E-state index contributed by atoms with van der Waals surface area (Å²) in [5.41, 5.74) is -2.13. The van der Waals surface area contributed by atoms with Crippen molar-refractivity contribution in [2.45, 2.75) is 37.4 Å². The van der Waals surface area contributed by atoms with E-state index in [9.17, 15) is 46.8 Å². The Morgan fingerprint density at radius 2 is 1.68 bits per heavy atom. The van der Waals surface area contributed by atoms with Gasteiger partial charge in [0.05, 0.1) is 11.1 Å². The van der Waals surface area contributed by atoms with Crippen molar-refractivity contribution < 1.29 is 56.1 Å². The number of halogens is 4. The zero-order valence-corrected chi connectivity index (χ0v) is 32.8. The fraction of sp³-hybridized carbons (Fsp3) is 0.200. The Balaban J connectivity index is 1.21. The molecular formula is C40H31BrF3N5O9S. The third kappa shape index (κ3) is 6.13. The first-order valence-corrected chi connectivity index (χ1v) is 19.6. The molecule has 2 saturated carbocycles. The number of likely N-dealkylation sites (tertiary alicyclic amines) is 1. The minimum absolute atomic E-state index is 0.169. The van der Waals surface area contributed by atoms with Crippen LogP contribution in [0.1, 0.15) is 38.5 Å². The fourth-order valence-corrected chi connectivity index (χ4v) is 9.13. The molecule has 0 bridgehead atoms. The average Bonchev–Trinajstić information content (AvgIpc) is 4.02. The van der Waals surface area contributed by atoms with Gasteiger partial charge in [0.2, 0.25) is 18.2 Å². The van der Waals surface area contributed by atoms with Gasteiger partial charge < -0.3 is 20.3 Å². The van der Waals surface area contributed by atoms with E-state index in [0.29, 0.717) is 23.3 Å². The maximum Gasteiger partial charge on any atom is 0.416 e.